The van der Waals surface area contributed by atoms with Crippen LogP contribution in [0.15, 0.2) is 29.8 Å². The third-order valence-electron chi connectivity index (χ3n) is 4.45. The number of nitrogens with zero attached hydrogens (tertiary/aromatic N) is 1. The van der Waals surface area contributed by atoms with Crippen LogP contribution < -0.4 is 14.9 Å². The van der Waals surface area contributed by atoms with E-state index in [2.05, 4.69) is 16.7 Å². The molecule has 2 aliphatic heterocycles. The molecule has 3 rings (SSSR count). The predicted octanol–water partition coefficient (Wildman–Crippen LogP) is 1.47. The van der Waals surface area contributed by atoms with Gasteiger partial charge in [-0.25, -0.2) is 8.42 Å². The first-order chi connectivity index (χ1) is 11.4. The first-order valence-corrected chi connectivity index (χ1v) is 10.1. The fourth-order valence-electron chi connectivity index (χ4n) is 3.17. The van der Waals surface area contributed by atoms with Gasteiger partial charge in [0.05, 0.1) is 11.9 Å². The van der Waals surface area contributed by atoms with Gasteiger partial charge in [-0.3, -0.25) is 9.10 Å². The molecule has 2 N–H and O–H groups in total. The summed E-state index contributed by atoms with van der Waals surface area (Å²) in [6.07, 6.45) is 5.84. The Morgan fingerprint density at radius 1 is 1.32 bits per heavy atom. The predicted molar refractivity (Wildman–Crippen MR) is 102 cm³/mol. The fourth-order valence-corrected chi connectivity index (χ4v) is 4.17. The van der Waals surface area contributed by atoms with Gasteiger partial charge in [0.1, 0.15) is 0 Å². The molecule has 0 saturated carbocycles. The van der Waals surface area contributed by atoms with Crippen LogP contribution in [0, 0.1) is 0 Å². The summed E-state index contributed by atoms with van der Waals surface area (Å²) in [4.78, 5) is 12.4. The molecule has 0 spiro atoms. The van der Waals surface area contributed by atoms with Crippen LogP contribution in [0.2, 0.25) is 0 Å². The largest absolute Gasteiger partial charge is 0.348 e. The number of aryl methyl sites for hydroxylation is 1. The van der Waals surface area contributed by atoms with Crippen molar-refractivity contribution in [2.45, 2.75) is 19.3 Å². The lowest BCUT2D eigenvalue weighted by Gasteiger charge is -2.29. The molecule has 8 heteroatoms. The molecule has 2 heterocycles. The number of halogens is 1. The van der Waals surface area contributed by atoms with E-state index in [0.29, 0.717) is 24.3 Å². The molecule has 1 amide bonds. The minimum Gasteiger partial charge on any atom is -0.348 e. The number of benzene rings is 1. The van der Waals surface area contributed by atoms with E-state index in [1.807, 2.05) is 6.07 Å². The third-order valence-corrected chi connectivity index (χ3v) is 5.63. The van der Waals surface area contributed by atoms with Gasteiger partial charge >= 0.3 is 0 Å². The average Bonchev–Trinajstić information content (AvgIpc) is 2.58. The van der Waals surface area contributed by atoms with Gasteiger partial charge in [-0.05, 0) is 49.6 Å². The van der Waals surface area contributed by atoms with Gasteiger partial charge in [-0.1, -0.05) is 11.6 Å². The van der Waals surface area contributed by atoms with Gasteiger partial charge in [0.15, 0.2) is 0 Å². The molecule has 25 heavy (non-hydrogen) atoms. The molecule has 0 bridgehead atoms. The Kier molecular flexibility index (Phi) is 6.48. The smallest absolute Gasteiger partial charge is 0.251 e. The molecular formula is C17H24ClN3O3S. The number of rotatable bonds is 4. The first-order valence-electron chi connectivity index (χ1n) is 8.22. The lowest BCUT2D eigenvalue weighted by molar-refractivity contribution is 0.0956. The van der Waals surface area contributed by atoms with Crippen LogP contribution in [0.1, 0.15) is 28.8 Å². The average molecular weight is 386 g/mol. The van der Waals surface area contributed by atoms with E-state index in [1.54, 1.807) is 12.1 Å². The quantitative estimate of drug-likeness (QED) is 0.769. The molecule has 2 aliphatic rings. The Balaban J connectivity index is 0.00000225. The van der Waals surface area contributed by atoms with Crippen molar-refractivity contribution in [1.82, 2.24) is 10.6 Å². The zero-order valence-corrected chi connectivity index (χ0v) is 15.9. The topological polar surface area (TPSA) is 78.5 Å². The molecule has 0 atom stereocenters. The van der Waals surface area contributed by atoms with Crippen molar-refractivity contribution < 1.29 is 13.2 Å². The molecule has 138 valence electrons. The van der Waals surface area contributed by atoms with E-state index >= 15 is 0 Å². The van der Waals surface area contributed by atoms with Crippen LogP contribution in [0.25, 0.3) is 0 Å². The van der Waals surface area contributed by atoms with Crippen LogP contribution in [0.5, 0.6) is 0 Å². The van der Waals surface area contributed by atoms with E-state index in [9.17, 15) is 13.2 Å². The van der Waals surface area contributed by atoms with Gasteiger partial charge in [0.25, 0.3) is 5.91 Å². The number of hydrogen-bond donors (Lipinski definition) is 2. The van der Waals surface area contributed by atoms with Crippen molar-refractivity contribution in [3.63, 3.8) is 0 Å². The van der Waals surface area contributed by atoms with E-state index in [1.165, 1.54) is 16.1 Å². The Hall–Kier alpha value is -1.57. The highest BCUT2D eigenvalue weighted by Gasteiger charge is 2.24. The summed E-state index contributed by atoms with van der Waals surface area (Å²) >= 11 is 0. The molecule has 0 aliphatic carbocycles. The summed E-state index contributed by atoms with van der Waals surface area (Å²) < 4.78 is 25.2. The van der Waals surface area contributed by atoms with Crippen LogP contribution in [-0.4, -0.2) is 46.8 Å². The highest BCUT2D eigenvalue weighted by Crippen LogP contribution is 2.29. The van der Waals surface area contributed by atoms with Gasteiger partial charge < -0.3 is 10.6 Å². The molecule has 0 aromatic heterocycles. The molecule has 6 nitrogen and oxygen atoms in total. The number of carbonyl (C=O) groups is 1. The molecule has 0 radical (unpaired) electrons. The summed E-state index contributed by atoms with van der Waals surface area (Å²) in [5.74, 6) is -0.117. The number of anilines is 1. The third kappa shape index (κ3) is 4.74. The highest BCUT2D eigenvalue weighted by molar-refractivity contribution is 7.92. The Morgan fingerprint density at radius 3 is 2.80 bits per heavy atom. The van der Waals surface area contributed by atoms with Gasteiger partial charge in [0, 0.05) is 25.2 Å². The maximum atomic E-state index is 12.4. The maximum absolute atomic E-state index is 12.4. The van der Waals surface area contributed by atoms with Gasteiger partial charge in [0.2, 0.25) is 10.0 Å². The molecular weight excluding hydrogens is 362 g/mol. The van der Waals surface area contributed by atoms with Crippen LogP contribution in [0.3, 0.4) is 0 Å². The monoisotopic (exact) mass is 385 g/mol. The number of fused-ring (bicyclic) bond motifs is 1. The molecule has 0 unspecified atom stereocenters. The standard InChI is InChI=1S/C17H23N3O3S.ClH/c1-24(22,23)20-10-2-3-14-11-15(4-5-16(14)20)17(21)19-12-13-6-8-18-9-7-13;/h4-6,11,18H,2-3,7-10,12H2,1H3,(H,19,21);1H. The number of amides is 1. The summed E-state index contributed by atoms with van der Waals surface area (Å²) in [6.45, 7) is 2.86. The van der Waals surface area contributed by atoms with Crippen molar-refractivity contribution in [2.24, 2.45) is 0 Å². The van der Waals surface area contributed by atoms with Crippen molar-refractivity contribution in [1.29, 1.82) is 0 Å². The number of sulfonamides is 1. The van der Waals surface area contributed by atoms with Crippen LogP contribution >= 0.6 is 12.4 Å². The minimum atomic E-state index is -3.28. The number of carbonyl (C=O) groups excluding carboxylic acids is 1. The second-order valence-electron chi connectivity index (χ2n) is 6.28. The van der Waals surface area contributed by atoms with E-state index in [4.69, 9.17) is 0 Å². The highest BCUT2D eigenvalue weighted by atomic mass is 35.5. The summed E-state index contributed by atoms with van der Waals surface area (Å²) in [7, 11) is -3.28. The zero-order chi connectivity index (χ0) is 17.2. The molecule has 0 fully saturated rings. The number of nitrogens with one attached hydrogen (secondary N) is 2. The number of hydrogen-bond acceptors (Lipinski definition) is 4. The van der Waals surface area contributed by atoms with Gasteiger partial charge in [-0.2, -0.15) is 0 Å². The Bertz CT molecular complexity index is 777. The second kappa shape index (κ2) is 8.21. The van der Waals surface area contributed by atoms with Crippen LogP contribution in [-0.2, 0) is 16.4 Å². The molecule has 1 aromatic rings. The lowest BCUT2D eigenvalue weighted by atomic mass is 10.0. The molecule has 0 saturated heterocycles. The summed E-state index contributed by atoms with van der Waals surface area (Å²) in [5, 5.41) is 6.19. The van der Waals surface area contributed by atoms with E-state index in [0.717, 1.165) is 37.9 Å². The fraction of sp³-hybridized carbons (Fsp3) is 0.471. The lowest BCUT2D eigenvalue weighted by Crippen LogP contribution is -2.35. The van der Waals surface area contributed by atoms with Crippen LogP contribution in [0.4, 0.5) is 5.69 Å². The maximum Gasteiger partial charge on any atom is 0.251 e. The Labute approximate surface area is 155 Å². The first kappa shape index (κ1) is 19.8. The van der Waals surface area contributed by atoms with E-state index < -0.39 is 10.0 Å². The second-order valence-corrected chi connectivity index (χ2v) is 8.19. The minimum absolute atomic E-state index is 0. The van der Waals surface area contributed by atoms with Crippen molar-refractivity contribution in [2.75, 3.05) is 36.7 Å². The summed E-state index contributed by atoms with van der Waals surface area (Å²) in [5.41, 5.74) is 3.43. The van der Waals surface area contributed by atoms with Gasteiger partial charge in [-0.15, -0.1) is 12.4 Å². The van der Waals surface area contributed by atoms with E-state index in [-0.39, 0.29) is 18.3 Å². The normalized spacial score (nSPS) is 17.2. The SMILES string of the molecule is CS(=O)(=O)N1CCCc2cc(C(=O)NCC3=CCNCC3)ccc21.Cl. The van der Waals surface area contributed by atoms with Crippen molar-refractivity contribution in [3.8, 4) is 0 Å². The summed E-state index contributed by atoms with van der Waals surface area (Å²) in [6, 6.07) is 5.27. The van der Waals surface area contributed by atoms with Crippen molar-refractivity contribution >= 4 is 34.0 Å². The van der Waals surface area contributed by atoms with Crippen molar-refractivity contribution in [3.05, 3.63) is 41.0 Å². The zero-order valence-electron chi connectivity index (χ0n) is 14.2. The molecule has 1 aromatic carbocycles. The Morgan fingerprint density at radius 2 is 2.12 bits per heavy atom.